The van der Waals surface area contributed by atoms with Crippen molar-refractivity contribution in [3.05, 3.63) is 0 Å². The summed E-state index contributed by atoms with van der Waals surface area (Å²) in [4.78, 5) is 0. The van der Waals surface area contributed by atoms with Crippen LogP contribution in [0, 0.1) is 0 Å². The molecule has 1 unspecified atom stereocenters. The Morgan fingerprint density at radius 3 is 1.86 bits per heavy atom. The van der Waals surface area contributed by atoms with E-state index in [-0.39, 0.29) is 0 Å². The van der Waals surface area contributed by atoms with Crippen LogP contribution in [0.25, 0.3) is 0 Å². The highest BCUT2D eigenvalue weighted by Gasteiger charge is 2.31. The predicted octanol–water partition coefficient (Wildman–Crippen LogP) is 1.57. The zero-order chi connectivity index (χ0) is 5.91. The average Bonchev–Trinajstić information content (AvgIpc) is 1.30. The third kappa shape index (κ3) is 5.89. The molecule has 7 heavy (non-hydrogen) atoms. The summed E-state index contributed by atoms with van der Waals surface area (Å²) in [6.45, 7) is 0. The Morgan fingerprint density at radius 2 is 1.86 bits per heavy atom. The molecular formula is C2H3F3OP+. The highest BCUT2D eigenvalue weighted by atomic mass is 31.1. The van der Waals surface area contributed by atoms with Crippen molar-refractivity contribution in [2.45, 2.75) is 6.18 Å². The Kier molecular flexibility index (Phi) is 2.23. The molecule has 0 aromatic heterocycles. The maximum Gasteiger partial charge on any atom is 0.432 e. The molecule has 0 saturated carbocycles. The van der Waals surface area contributed by atoms with Gasteiger partial charge in [0.25, 0.3) is 0 Å². The zero-order valence-corrected chi connectivity index (χ0v) is 4.25. The Hall–Kier alpha value is -0.110. The minimum absolute atomic E-state index is 1.19. The van der Waals surface area contributed by atoms with Crippen molar-refractivity contribution in [2.24, 2.45) is 0 Å². The van der Waals surface area contributed by atoms with Crippen LogP contribution in [0.15, 0.2) is 0 Å². The van der Waals surface area contributed by atoms with Gasteiger partial charge in [-0.1, -0.05) is 4.57 Å². The molecule has 0 saturated heterocycles. The van der Waals surface area contributed by atoms with Crippen molar-refractivity contribution < 1.29 is 17.7 Å². The molecule has 5 heteroatoms. The Morgan fingerprint density at radius 1 is 1.43 bits per heavy atom. The average molecular weight is 131 g/mol. The second kappa shape index (κ2) is 2.26. The van der Waals surface area contributed by atoms with E-state index in [9.17, 15) is 17.7 Å². The highest BCUT2D eigenvalue weighted by Crippen LogP contribution is 2.18. The second-order valence-corrected chi connectivity index (χ2v) is 1.58. The molecule has 0 aliphatic heterocycles. The van der Waals surface area contributed by atoms with Gasteiger partial charge >= 0.3 is 14.6 Å². The summed E-state index contributed by atoms with van der Waals surface area (Å²) in [5, 5.41) is 0. The number of rotatable bonds is 1. The molecule has 0 heterocycles. The maximum absolute atomic E-state index is 10.9. The molecule has 1 nitrogen and oxygen atoms in total. The van der Waals surface area contributed by atoms with Crippen molar-refractivity contribution in [3.8, 4) is 0 Å². The van der Waals surface area contributed by atoms with Crippen LogP contribution < -0.4 is 0 Å². The highest BCUT2D eigenvalue weighted by molar-refractivity contribution is 7.23. The summed E-state index contributed by atoms with van der Waals surface area (Å²) in [5.74, 6) is 0. The van der Waals surface area contributed by atoms with Crippen LogP contribution in [0.4, 0.5) is 13.2 Å². The molecule has 0 rings (SSSR count). The van der Waals surface area contributed by atoms with Gasteiger partial charge in [0.15, 0.2) is 0 Å². The largest absolute Gasteiger partial charge is 0.432 e. The van der Waals surface area contributed by atoms with Crippen LogP contribution in [0.3, 0.4) is 0 Å². The molecule has 0 radical (unpaired) electrons. The van der Waals surface area contributed by atoms with Gasteiger partial charge in [-0.3, -0.25) is 0 Å². The molecule has 42 valence electrons. The van der Waals surface area contributed by atoms with Gasteiger partial charge in [0.1, 0.15) is 0 Å². The number of alkyl halides is 3. The van der Waals surface area contributed by atoms with Gasteiger partial charge in [-0.05, 0) is 0 Å². The first kappa shape index (κ1) is 6.89. The van der Waals surface area contributed by atoms with Crippen LogP contribution >= 0.6 is 8.46 Å². The van der Waals surface area contributed by atoms with Crippen LogP contribution in [-0.4, -0.2) is 12.3 Å². The molecule has 0 N–H and O–H groups in total. The van der Waals surface area contributed by atoms with Crippen LogP contribution in [0.5, 0.6) is 0 Å². The fourth-order valence-corrected chi connectivity index (χ4v) is 0.245. The molecule has 0 spiro atoms. The predicted molar refractivity (Wildman–Crippen MR) is 19.9 cm³/mol. The molecule has 0 amide bonds. The third-order valence-corrected chi connectivity index (χ3v) is 0.818. The summed E-state index contributed by atoms with van der Waals surface area (Å²) >= 11 is 0. The zero-order valence-electron chi connectivity index (χ0n) is 3.25. The molecule has 1 atom stereocenters. The molecule has 0 aliphatic rings. The number of hydrogen-bond donors (Lipinski definition) is 0. The van der Waals surface area contributed by atoms with E-state index in [1.54, 1.807) is 0 Å². The molecule has 0 fully saturated rings. The first-order valence-corrected chi connectivity index (χ1v) is 2.59. The summed E-state index contributed by atoms with van der Waals surface area (Å²) in [6, 6.07) is 0. The van der Waals surface area contributed by atoms with Gasteiger partial charge in [0.2, 0.25) is 6.16 Å². The summed E-state index contributed by atoms with van der Waals surface area (Å²) in [5.41, 5.74) is 0. The SMILES string of the molecule is O=[PH+]CC(F)(F)F. The van der Waals surface area contributed by atoms with E-state index in [1.165, 1.54) is 0 Å². The fourth-order valence-electron chi connectivity index (χ4n) is 0.0818. The Bertz CT molecular complexity index is 67.8. The van der Waals surface area contributed by atoms with E-state index in [0.717, 1.165) is 0 Å². The van der Waals surface area contributed by atoms with Crippen molar-refractivity contribution in [3.63, 3.8) is 0 Å². The smallest absolute Gasteiger partial charge is 0.166 e. The van der Waals surface area contributed by atoms with Gasteiger partial charge in [-0.2, -0.15) is 13.2 Å². The minimum Gasteiger partial charge on any atom is -0.166 e. The summed E-state index contributed by atoms with van der Waals surface area (Å²) < 4.78 is 41.8. The van der Waals surface area contributed by atoms with Gasteiger partial charge in [-0.25, -0.2) is 0 Å². The molecular weight excluding hydrogens is 128 g/mol. The monoisotopic (exact) mass is 131 g/mol. The number of hydrogen-bond acceptors (Lipinski definition) is 1. The van der Waals surface area contributed by atoms with E-state index in [2.05, 4.69) is 0 Å². The van der Waals surface area contributed by atoms with E-state index >= 15 is 0 Å². The minimum atomic E-state index is -4.25. The lowest BCUT2D eigenvalue weighted by Crippen LogP contribution is -2.07. The van der Waals surface area contributed by atoms with Gasteiger partial charge in [0, 0.05) is 0 Å². The van der Waals surface area contributed by atoms with Crippen molar-refractivity contribution in [2.75, 3.05) is 6.16 Å². The topological polar surface area (TPSA) is 17.1 Å². The maximum atomic E-state index is 10.9. The van der Waals surface area contributed by atoms with E-state index < -0.39 is 20.8 Å². The van der Waals surface area contributed by atoms with Crippen LogP contribution in [0.1, 0.15) is 0 Å². The quantitative estimate of drug-likeness (QED) is 0.493. The lowest BCUT2D eigenvalue weighted by Gasteiger charge is -1.90. The van der Waals surface area contributed by atoms with Crippen LogP contribution in [0.2, 0.25) is 0 Å². The van der Waals surface area contributed by atoms with Crippen molar-refractivity contribution >= 4 is 8.46 Å². The van der Waals surface area contributed by atoms with Gasteiger partial charge in [0.05, 0.1) is 0 Å². The summed E-state index contributed by atoms with van der Waals surface area (Å²) in [7, 11) is -1.27. The molecule has 0 aliphatic carbocycles. The lowest BCUT2D eigenvalue weighted by atomic mass is 10.8. The van der Waals surface area contributed by atoms with E-state index in [1.807, 2.05) is 0 Å². The van der Waals surface area contributed by atoms with E-state index in [0.29, 0.717) is 0 Å². The third-order valence-electron chi connectivity index (χ3n) is 0.273. The fraction of sp³-hybridized carbons (Fsp3) is 1.00. The van der Waals surface area contributed by atoms with Crippen LogP contribution in [-0.2, 0) is 4.57 Å². The lowest BCUT2D eigenvalue weighted by molar-refractivity contribution is -0.105. The molecule has 0 bridgehead atoms. The van der Waals surface area contributed by atoms with Gasteiger partial charge < -0.3 is 0 Å². The van der Waals surface area contributed by atoms with Crippen molar-refractivity contribution in [1.82, 2.24) is 0 Å². The van der Waals surface area contributed by atoms with Gasteiger partial charge in [-0.15, -0.1) is 0 Å². The summed E-state index contributed by atoms with van der Waals surface area (Å²) in [6.07, 6.45) is -5.44. The molecule has 0 aromatic carbocycles. The molecule has 0 aromatic rings. The first-order valence-electron chi connectivity index (χ1n) is 1.48. The Labute approximate surface area is 39.7 Å². The number of halogens is 3. The Balaban J connectivity index is 3.34. The first-order chi connectivity index (χ1) is 3.06. The standard InChI is InChI=1S/C2H2F3OP/c3-2(4,5)1-7-6/h1H2/p+1. The second-order valence-electron chi connectivity index (χ2n) is 0.936. The normalized spacial score (nSPS) is 12.4. The van der Waals surface area contributed by atoms with E-state index in [4.69, 9.17) is 0 Å². The van der Waals surface area contributed by atoms with Crippen molar-refractivity contribution in [1.29, 1.82) is 0 Å².